The van der Waals surface area contributed by atoms with Crippen molar-refractivity contribution in [2.24, 2.45) is 5.41 Å². The van der Waals surface area contributed by atoms with E-state index < -0.39 is 11.4 Å². The maximum atomic E-state index is 11.8. The average molecular weight is 215 g/mol. The van der Waals surface area contributed by atoms with E-state index in [0.717, 1.165) is 6.42 Å². The maximum absolute atomic E-state index is 11.8. The zero-order chi connectivity index (χ0) is 11.3. The van der Waals surface area contributed by atoms with Crippen molar-refractivity contribution < 1.29 is 19.1 Å². The summed E-state index contributed by atoms with van der Waals surface area (Å²) in [4.78, 5) is 23.2. The van der Waals surface area contributed by atoms with Gasteiger partial charge < -0.3 is 14.8 Å². The minimum absolute atomic E-state index is 0.238. The molecule has 0 heterocycles. The summed E-state index contributed by atoms with van der Waals surface area (Å²) in [6.45, 7) is 0.872. The molecule has 0 unspecified atom stereocenters. The second-order valence-electron chi connectivity index (χ2n) is 3.68. The molecule has 0 aromatic heterocycles. The Kier molecular flexibility index (Phi) is 4.08. The Morgan fingerprint density at radius 3 is 2.40 bits per heavy atom. The number of hydrogen-bond acceptors (Lipinski definition) is 4. The molecule has 5 nitrogen and oxygen atoms in total. The van der Waals surface area contributed by atoms with Gasteiger partial charge >= 0.3 is 5.97 Å². The van der Waals surface area contributed by atoms with E-state index in [1.54, 1.807) is 7.11 Å². The molecule has 1 rings (SSSR count). The highest BCUT2D eigenvalue weighted by Gasteiger charge is 2.51. The van der Waals surface area contributed by atoms with Crippen LogP contribution in [0, 0.1) is 5.41 Å². The van der Waals surface area contributed by atoms with Gasteiger partial charge in [0, 0.05) is 13.7 Å². The number of ether oxygens (including phenoxy) is 2. The standard InChI is InChI=1S/C10H17NO4/c1-14-7-6-11-8(12)10(4-3-5-10)9(13)15-2/h3-7H2,1-2H3,(H,11,12). The average Bonchev–Trinajstić information content (AvgIpc) is 2.16. The van der Waals surface area contributed by atoms with E-state index in [-0.39, 0.29) is 5.91 Å². The zero-order valence-corrected chi connectivity index (χ0v) is 9.17. The smallest absolute Gasteiger partial charge is 0.321 e. The zero-order valence-electron chi connectivity index (χ0n) is 9.17. The van der Waals surface area contributed by atoms with Crippen LogP contribution in [0.1, 0.15) is 19.3 Å². The predicted octanol–water partition coefficient (Wildman–Crippen LogP) is 0.0923. The molecule has 0 saturated heterocycles. The normalized spacial score (nSPS) is 17.7. The molecule has 1 amide bonds. The van der Waals surface area contributed by atoms with Crippen LogP contribution in [0.15, 0.2) is 0 Å². The van der Waals surface area contributed by atoms with Crippen LogP contribution in [-0.4, -0.2) is 39.2 Å². The number of carbonyl (C=O) groups excluding carboxylic acids is 2. The number of carbonyl (C=O) groups is 2. The van der Waals surface area contributed by atoms with E-state index in [9.17, 15) is 9.59 Å². The van der Waals surface area contributed by atoms with E-state index in [1.165, 1.54) is 7.11 Å². The van der Waals surface area contributed by atoms with E-state index in [4.69, 9.17) is 4.74 Å². The van der Waals surface area contributed by atoms with E-state index in [2.05, 4.69) is 10.1 Å². The summed E-state index contributed by atoms with van der Waals surface area (Å²) in [5.41, 5.74) is -0.928. The van der Waals surface area contributed by atoms with Gasteiger partial charge in [-0.25, -0.2) is 0 Å². The Morgan fingerprint density at radius 2 is 2.00 bits per heavy atom. The molecule has 0 aromatic carbocycles. The molecule has 1 N–H and O–H groups in total. The first-order valence-corrected chi connectivity index (χ1v) is 5.03. The van der Waals surface area contributed by atoms with Gasteiger partial charge in [0.25, 0.3) is 0 Å². The fraction of sp³-hybridized carbons (Fsp3) is 0.800. The third kappa shape index (κ3) is 2.28. The van der Waals surface area contributed by atoms with Crippen molar-refractivity contribution in [1.29, 1.82) is 0 Å². The van der Waals surface area contributed by atoms with Gasteiger partial charge in [-0.2, -0.15) is 0 Å². The first-order valence-electron chi connectivity index (χ1n) is 5.03. The lowest BCUT2D eigenvalue weighted by Gasteiger charge is -2.36. The van der Waals surface area contributed by atoms with E-state index >= 15 is 0 Å². The highest BCUT2D eigenvalue weighted by molar-refractivity contribution is 6.03. The molecule has 15 heavy (non-hydrogen) atoms. The Labute approximate surface area is 89.1 Å². The van der Waals surface area contributed by atoms with E-state index in [0.29, 0.717) is 26.0 Å². The summed E-state index contributed by atoms with van der Waals surface area (Å²) in [6, 6.07) is 0. The lowest BCUT2D eigenvalue weighted by atomic mass is 9.68. The van der Waals surface area contributed by atoms with Crippen molar-refractivity contribution in [2.45, 2.75) is 19.3 Å². The summed E-state index contributed by atoms with van der Waals surface area (Å²) in [5, 5.41) is 2.68. The summed E-state index contributed by atoms with van der Waals surface area (Å²) in [7, 11) is 2.87. The van der Waals surface area contributed by atoms with Crippen LogP contribution in [0.2, 0.25) is 0 Å². The van der Waals surface area contributed by atoms with E-state index in [1.807, 2.05) is 0 Å². The highest BCUT2D eigenvalue weighted by atomic mass is 16.5. The number of esters is 1. The molecule has 0 spiro atoms. The summed E-state index contributed by atoms with van der Waals surface area (Å²) < 4.78 is 9.47. The lowest BCUT2D eigenvalue weighted by molar-refractivity contribution is -0.165. The number of nitrogens with one attached hydrogen (secondary N) is 1. The third-order valence-corrected chi connectivity index (χ3v) is 2.81. The van der Waals surface area contributed by atoms with Crippen LogP contribution in [-0.2, 0) is 19.1 Å². The van der Waals surface area contributed by atoms with Gasteiger partial charge in [0.2, 0.25) is 5.91 Å². The Hall–Kier alpha value is -1.10. The van der Waals surface area contributed by atoms with Crippen molar-refractivity contribution in [3.8, 4) is 0 Å². The van der Waals surface area contributed by atoms with Crippen molar-refractivity contribution >= 4 is 11.9 Å². The first kappa shape index (κ1) is 12.0. The Morgan fingerprint density at radius 1 is 1.33 bits per heavy atom. The predicted molar refractivity (Wildman–Crippen MR) is 53.2 cm³/mol. The molecular weight excluding hydrogens is 198 g/mol. The quantitative estimate of drug-likeness (QED) is 0.401. The van der Waals surface area contributed by atoms with Crippen molar-refractivity contribution in [3.05, 3.63) is 0 Å². The van der Waals surface area contributed by atoms with Crippen molar-refractivity contribution in [1.82, 2.24) is 5.32 Å². The SMILES string of the molecule is COCCNC(=O)C1(C(=O)OC)CCC1. The minimum Gasteiger partial charge on any atom is -0.468 e. The van der Waals surface area contributed by atoms with Crippen LogP contribution in [0.5, 0.6) is 0 Å². The van der Waals surface area contributed by atoms with Gasteiger partial charge in [0.1, 0.15) is 5.41 Å². The lowest BCUT2D eigenvalue weighted by Crippen LogP contribution is -2.52. The van der Waals surface area contributed by atoms with Gasteiger partial charge in [-0.3, -0.25) is 9.59 Å². The summed E-state index contributed by atoms with van der Waals surface area (Å²) >= 11 is 0. The fourth-order valence-electron chi connectivity index (χ4n) is 1.69. The summed E-state index contributed by atoms with van der Waals surface area (Å²) in [6.07, 6.45) is 2.06. The third-order valence-electron chi connectivity index (χ3n) is 2.81. The molecular formula is C10H17NO4. The first-order chi connectivity index (χ1) is 7.17. The van der Waals surface area contributed by atoms with Crippen LogP contribution >= 0.6 is 0 Å². The number of methoxy groups -OCH3 is 2. The topological polar surface area (TPSA) is 64.6 Å². The van der Waals surface area contributed by atoms with Gasteiger partial charge in [-0.05, 0) is 12.8 Å². The molecule has 0 radical (unpaired) electrons. The Bertz CT molecular complexity index is 248. The molecule has 1 aliphatic rings. The van der Waals surface area contributed by atoms with Gasteiger partial charge in [0.05, 0.1) is 13.7 Å². The second-order valence-corrected chi connectivity index (χ2v) is 3.68. The maximum Gasteiger partial charge on any atom is 0.321 e. The van der Waals surface area contributed by atoms with Crippen LogP contribution in [0.25, 0.3) is 0 Å². The molecule has 0 aromatic rings. The molecule has 1 saturated carbocycles. The van der Waals surface area contributed by atoms with Gasteiger partial charge in [-0.15, -0.1) is 0 Å². The monoisotopic (exact) mass is 215 g/mol. The number of hydrogen-bond donors (Lipinski definition) is 1. The molecule has 86 valence electrons. The van der Waals surface area contributed by atoms with Crippen molar-refractivity contribution in [2.75, 3.05) is 27.4 Å². The molecule has 0 bridgehead atoms. The summed E-state index contributed by atoms with van der Waals surface area (Å²) in [5.74, 6) is -0.665. The number of amides is 1. The second kappa shape index (κ2) is 5.11. The Balaban J connectivity index is 2.50. The molecule has 5 heteroatoms. The molecule has 1 aliphatic carbocycles. The fourth-order valence-corrected chi connectivity index (χ4v) is 1.69. The molecule has 0 atom stereocenters. The van der Waals surface area contributed by atoms with Gasteiger partial charge in [-0.1, -0.05) is 6.42 Å². The molecule has 1 fully saturated rings. The van der Waals surface area contributed by atoms with Crippen molar-refractivity contribution in [3.63, 3.8) is 0 Å². The highest BCUT2D eigenvalue weighted by Crippen LogP contribution is 2.42. The van der Waals surface area contributed by atoms with Crippen LogP contribution < -0.4 is 5.32 Å². The van der Waals surface area contributed by atoms with Gasteiger partial charge in [0.15, 0.2) is 0 Å². The molecule has 0 aliphatic heterocycles. The largest absolute Gasteiger partial charge is 0.468 e. The number of rotatable bonds is 5. The minimum atomic E-state index is -0.928. The van der Waals surface area contributed by atoms with Crippen LogP contribution in [0.3, 0.4) is 0 Å². The van der Waals surface area contributed by atoms with Crippen LogP contribution in [0.4, 0.5) is 0 Å².